The van der Waals surface area contributed by atoms with Crippen LogP contribution in [0.25, 0.3) is 0 Å². The summed E-state index contributed by atoms with van der Waals surface area (Å²) in [6.45, 7) is 6.08. The van der Waals surface area contributed by atoms with Gasteiger partial charge in [-0.1, -0.05) is 60.7 Å². The van der Waals surface area contributed by atoms with Crippen molar-refractivity contribution in [3.63, 3.8) is 0 Å². The highest BCUT2D eigenvalue weighted by Crippen LogP contribution is 2.72. The smallest absolute Gasteiger partial charge is 0.444 e. The number of amides is 1. The largest absolute Gasteiger partial charge is 1.00 e. The third-order valence-corrected chi connectivity index (χ3v) is 18.4. The molecule has 8 heteroatoms. The molecule has 0 spiro atoms. The highest BCUT2D eigenvalue weighted by atomic mass is 16.6. The van der Waals surface area contributed by atoms with E-state index in [2.05, 4.69) is 66.0 Å². The Hall–Kier alpha value is -3.07. The SMILES string of the molecule is CC(C)(C)OC(=O)NC1CCC(CC(=O)C23CC4CC(CO)(C2)CC(c2ccccc2)(C4)C3)CC1.NC1CCC(CC(=O)C23CC4CC(CO)(C2)CC(c2ccccc2)(C4)C3)CC1.[H+]. The zero-order valence-corrected chi connectivity index (χ0v) is 38.8. The average Bonchev–Trinajstić information content (AvgIpc) is 3.24. The first-order valence-electron chi connectivity index (χ1n) is 25.2. The number of benzene rings is 2. The Bertz CT molecular complexity index is 1980. The lowest BCUT2D eigenvalue weighted by Crippen LogP contribution is -2.62. The van der Waals surface area contributed by atoms with Gasteiger partial charge in [0.1, 0.15) is 17.2 Å². The molecule has 0 heterocycles. The summed E-state index contributed by atoms with van der Waals surface area (Å²) in [5.41, 5.74) is 7.87. The van der Waals surface area contributed by atoms with Crippen molar-refractivity contribution in [2.24, 2.45) is 51.1 Å². The van der Waals surface area contributed by atoms with Crippen molar-refractivity contribution in [2.75, 3.05) is 13.2 Å². The van der Waals surface area contributed by atoms with Crippen LogP contribution in [-0.4, -0.2) is 58.8 Å². The second kappa shape index (κ2) is 17.0. The van der Waals surface area contributed by atoms with E-state index < -0.39 is 5.60 Å². The highest BCUT2D eigenvalue weighted by Gasteiger charge is 2.67. The number of hydrogen-bond donors (Lipinski definition) is 4. The predicted octanol–water partition coefficient (Wildman–Crippen LogP) is 10.4. The molecule has 10 aliphatic carbocycles. The number of hydrogen-bond acceptors (Lipinski definition) is 7. The molecular formula is C55H79N2O6+. The Balaban J connectivity index is 0.000000176. The number of aliphatic hydroxyl groups is 2. The van der Waals surface area contributed by atoms with E-state index in [1.807, 2.05) is 20.8 Å². The maximum Gasteiger partial charge on any atom is 1.00 e. The van der Waals surface area contributed by atoms with Crippen molar-refractivity contribution >= 4 is 17.7 Å². The Morgan fingerprint density at radius 2 is 1.05 bits per heavy atom. The molecule has 8 atom stereocenters. The number of carbonyl (C=O) groups excluding carboxylic acids is 3. The molecule has 10 saturated carbocycles. The van der Waals surface area contributed by atoms with Crippen LogP contribution < -0.4 is 11.1 Å². The van der Waals surface area contributed by atoms with Gasteiger partial charge in [0.2, 0.25) is 0 Å². The van der Waals surface area contributed by atoms with Gasteiger partial charge >= 0.3 is 7.52 Å². The third-order valence-electron chi connectivity index (χ3n) is 18.4. The molecule has 8 nitrogen and oxygen atoms in total. The molecule has 0 radical (unpaired) electrons. The number of nitrogens with two attached hydrogens (primary N) is 1. The first kappa shape index (κ1) is 45.1. The van der Waals surface area contributed by atoms with Crippen LogP contribution in [0, 0.1) is 45.3 Å². The maximum absolute atomic E-state index is 14.0. The van der Waals surface area contributed by atoms with Gasteiger partial charge in [0.15, 0.2) is 0 Å². The van der Waals surface area contributed by atoms with Gasteiger partial charge in [0.05, 0.1) is 0 Å². The van der Waals surface area contributed by atoms with E-state index >= 15 is 0 Å². The van der Waals surface area contributed by atoms with Crippen molar-refractivity contribution in [1.29, 1.82) is 0 Å². The van der Waals surface area contributed by atoms with Gasteiger partial charge in [-0.25, -0.2) is 4.79 Å². The van der Waals surface area contributed by atoms with E-state index in [0.717, 1.165) is 128 Å². The monoisotopic (exact) mass is 864 g/mol. The average molecular weight is 864 g/mol. The van der Waals surface area contributed by atoms with E-state index in [-0.39, 0.29) is 59.3 Å². The molecule has 0 saturated heterocycles. The van der Waals surface area contributed by atoms with Crippen molar-refractivity contribution in [3.05, 3.63) is 71.8 Å². The summed E-state index contributed by atoms with van der Waals surface area (Å²) in [6.07, 6.45) is 21.6. The normalized spacial score (nSPS) is 41.0. The van der Waals surface area contributed by atoms with Crippen LogP contribution in [-0.2, 0) is 25.2 Å². The quantitative estimate of drug-likeness (QED) is 0.176. The summed E-state index contributed by atoms with van der Waals surface area (Å²) in [6, 6.07) is 22.2. The molecule has 344 valence electrons. The summed E-state index contributed by atoms with van der Waals surface area (Å²) >= 11 is 0. The first-order chi connectivity index (χ1) is 30.0. The van der Waals surface area contributed by atoms with E-state index in [9.17, 15) is 24.6 Å². The molecule has 1 amide bonds. The Morgan fingerprint density at radius 3 is 1.46 bits per heavy atom. The summed E-state index contributed by atoms with van der Waals surface area (Å²) in [7, 11) is 0. The lowest BCUT2D eigenvalue weighted by Gasteiger charge is -2.66. The van der Waals surface area contributed by atoms with Crippen LogP contribution in [0.4, 0.5) is 4.79 Å². The molecule has 5 N–H and O–H groups in total. The molecule has 12 rings (SSSR count). The molecule has 10 fully saturated rings. The van der Waals surface area contributed by atoms with Gasteiger partial charge in [0, 0.05) is 49.0 Å². The van der Waals surface area contributed by atoms with Crippen LogP contribution in [0.2, 0.25) is 0 Å². The maximum atomic E-state index is 14.0. The van der Waals surface area contributed by atoms with Gasteiger partial charge < -0.3 is 26.0 Å². The first-order valence-corrected chi connectivity index (χ1v) is 25.2. The number of alkyl carbamates (subject to hydrolysis) is 1. The zero-order valence-electron chi connectivity index (χ0n) is 39.8. The fourth-order valence-electron chi connectivity index (χ4n) is 16.8. The number of carbonyl (C=O) groups is 3. The van der Waals surface area contributed by atoms with Gasteiger partial charge in [-0.15, -0.1) is 0 Å². The summed E-state index contributed by atoms with van der Waals surface area (Å²) in [4.78, 5) is 40.0. The highest BCUT2D eigenvalue weighted by molar-refractivity contribution is 5.87. The van der Waals surface area contributed by atoms with Crippen LogP contribution >= 0.6 is 0 Å². The Labute approximate surface area is 379 Å². The van der Waals surface area contributed by atoms with Gasteiger partial charge in [-0.05, 0) is 206 Å². The van der Waals surface area contributed by atoms with Gasteiger partial charge in [0.25, 0.3) is 0 Å². The minimum absolute atomic E-state index is 0. The zero-order chi connectivity index (χ0) is 44.3. The fraction of sp³-hybridized carbons (Fsp3) is 0.727. The molecule has 2 aromatic carbocycles. The fourth-order valence-corrected chi connectivity index (χ4v) is 16.8. The number of aliphatic hydroxyl groups excluding tert-OH is 2. The van der Waals surface area contributed by atoms with Crippen molar-refractivity contribution in [1.82, 2.24) is 5.32 Å². The minimum atomic E-state index is -0.491. The van der Waals surface area contributed by atoms with Crippen molar-refractivity contribution < 1.29 is 30.8 Å². The van der Waals surface area contributed by atoms with E-state index in [1.165, 1.54) is 17.5 Å². The van der Waals surface area contributed by atoms with Gasteiger partial charge in [-0.2, -0.15) is 0 Å². The summed E-state index contributed by atoms with van der Waals surface area (Å²) in [5, 5.41) is 24.0. The second-order valence-corrected chi connectivity index (χ2v) is 24.6. The molecule has 63 heavy (non-hydrogen) atoms. The number of ether oxygens (including phenoxy) is 1. The van der Waals surface area contributed by atoms with Crippen LogP contribution in [0.5, 0.6) is 0 Å². The van der Waals surface area contributed by atoms with Crippen LogP contribution in [0.1, 0.15) is 175 Å². The molecule has 2 aromatic rings. The summed E-state index contributed by atoms with van der Waals surface area (Å²) < 4.78 is 5.41. The molecule has 0 aliphatic heterocycles. The molecular weight excluding hydrogens is 785 g/mol. The summed E-state index contributed by atoms with van der Waals surface area (Å²) in [5.74, 6) is 3.00. The Morgan fingerprint density at radius 1 is 0.619 bits per heavy atom. The Kier molecular flexibility index (Phi) is 12.2. The lowest BCUT2D eigenvalue weighted by molar-refractivity contribution is -0.168. The molecule has 8 bridgehead atoms. The van der Waals surface area contributed by atoms with Crippen LogP contribution in [0.15, 0.2) is 60.7 Å². The second-order valence-electron chi connectivity index (χ2n) is 24.6. The number of Topliss-reactive ketones (excluding diaryl/α,β-unsaturated/α-hetero) is 2. The van der Waals surface area contributed by atoms with Gasteiger partial charge in [-0.3, -0.25) is 9.59 Å². The number of rotatable bonds is 11. The van der Waals surface area contributed by atoms with E-state index in [4.69, 9.17) is 10.5 Å². The van der Waals surface area contributed by atoms with Crippen LogP contribution in [0.3, 0.4) is 0 Å². The topological polar surface area (TPSA) is 139 Å². The third kappa shape index (κ3) is 8.97. The van der Waals surface area contributed by atoms with E-state index in [1.54, 1.807) is 0 Å². The molecule has 8 unspecified atom stereocenters. The lowest BCUT2D eigenvalue weighted by atomic mass is 9.37. The van der Waals surface area contributed by atoms with Crippen molar-refractivity contribution in [3.8, 4) is 0 Å². The predicted molar refractivity (Wildman–Crippen MR) is 248 cm³/mol. The number of ketones is 2. The van der Waals surface area contributed by atoms with E-state index in [0.29, 0.717) is 47.7 Å². The molecule has 10 aliphatic rings. The standard InChI is InChI=1S/C30H43NO4.C25H35NO2/c1-27(2,3)35-26(34)31-24-11-9-21(10-12-24)13-25(33)30-16-22-14-28(18-30,20-32)17-29(15-22,19-30)23-7-5-4-6-8-23;26-21-8-6-18(7-9-21)10-22(28)25-13-19-11-23(15-25,17-27)14-24(12-19,16-25)20-4-2-1-3-5-20/h4-8,21-22,24,32H,9-20H2,1-3H3,(H,31,34);1-5,18-19,21,27H,6-17,26H2/p+1. The van der Waals surface area contributed by atoms with Crippen molar-refractivity contribution in [2.45, 2.75) is 191 Å². The molecule has 0 aromatic heterocycles. The minimum Gasteiger partial charge on any atom is -0.444 e. The number of nitrogens with one attached hydrogen (secondary N) is 1.